The molecule has 106 valence electrons. The molecule has 0 spiro atoms. The fraction of sp³-hybridized carbons (Fsp3) is 0.562. The molecule has 2 aliphatic rings. The van der Waals surface area contributed by atoms with E-state index in [1.807, 2.05) is 52.0 Å². The van der Waals surface area contributed by atoms with Gasteiger partial charge in [0.1, 0.15) is 6.29 Å². The zero-order chi connectivity index (χ0) is 14.6. The largest absolute Gasteiger partial charge is 0.494 e. The van der Waals surface area contributed by atoms with Gasteiger partial charge in [-0.1, -0.05) is 24.3 Å². The summed E-state index contributed by atoms with van der Waals surface area (Å²) in [6.07, 6.45) is 3.01. The lowest BCUT2D eigenvalue weighted by atomic mass is 9.78. The molecule has 4 heteroatoms. The maximum atomic E-state index is 11.2. The highest BCUT2D eigenvalue weighted by atomic mass is 16.7. The number of rotatable bonds is 3. The number of aldehydes is 1. The minimum absolute atomic E-state index is 0.214. The Morgan fingerprint density at radius 1 is 1.00 bits per heavy atom. The van der Waals surface area contributed by atoms with Crippen LogP contribution in [0.25, 0.3) is 0 Å². The zero-order valence-electron chi connectivity index (χ0n) is 12.6. The maximum absolute atomic E-state index is 11.2. The van der Waals surface area contributed by atoms with E-state index in [4.69, 9.17) is 9.31 Å². The Hall–Kier alpha value is -1.13. The highest BCUT2D eigenvalue weighted by Gasteiger charge is 2.52. The highest BCUT2D eigenvalue weighted by Crippen LogP contribution is 2.46. The van der Waals surface area contributed by atoms with Crippen molar-refractivity contribution in [2.75, 3.05) is 0 Å². The Balaban J connectivity index is 1.81. The van der Waals surface area contributed by atoms with Crippen molar-refractivity contribution in [3.8, 4) is 0 Å². The molecule has 1 saturated heterocycles. The Labute approximate surface area is 120 Å². The molecule has 1 aliphatic carbocycles. The molecule has 0 unspecified atom stereocenters. The summed E-state index contributed by atoms with van der Waals surface area (Å²) < 4.78 is 12.1. The van der Waals surface area contributed by atoms with Crippen LogP contribution < -0.4 is 5.46 Å². The fourth-order valence-corrected chi connectivity index (χ4v) is 2.56. The van der Waals surface area contributed by atoms with Crippen LogP contribution in [-0.4, -0.2) is 24.6 Å². The molecule has 1 saturated carbocycles. The molecule has 0 radical (unpaired) electrons. The molecular weight excluding hydrogens is 251 g/mol. The van der Waals surface area contributed by atoms with E-state index in [0.717, 1.165) is 30.2 Å². The monoisotopic (exact) mass is 272 g/mol. The van der Waals surface area contributed by atoms with Gasteiger partial charge >= 0.3 is 7.12 Å². The van der Waals surface area contributed by atoms with Crippen LogP contribution in [0.4, 0.5) is 0 Å². The average Bonchev–Trinajstić information content (AvgIpc) is 3.14. The van der Waals surface area contributed by atoms with E-state index in [9.17, 15) is 4.79 Å². The Morgan fingerprint density at radius 3 is 1.90 bits per heavy atom. The smallest absolute Gasteiger partial charge is 0.399 e. The molecule has 0 amide bonds. The summed E-state index contributed by atoms with van der Waals surface area (Å²) in [5.41, 5.74) is 1.25. The normalized spacial score (nSPS) is 25.5. The van der Waals surface area contributed by atoms with Crippen molar-refractivity contribution >= 4 is 18.9 Å². The highest BCUT2D eigenvalue weighted by molar-refractivity contribution is 6.62. The van der Waals surface area contributed by atoms with Crippen molar-refractivity contribution < 1.29 is 14.1 Å². The summed E-state index contributed by atoms with van der Waals surface area (Å²) in [5, 5.41) is 0. The first-order valence-corrected chi connectivity index (χ1v) is 7.22. The predicted octanol–water partition coefficient (Wildman–Crippen LogP) is 2.22. The quantitative estimate of drug-likeness (QED) is 0.625. The molecule has 1 aromatic rings. The van der Waals surface area contributed by atoms with Crippen molar-refractivity contribution in [1.82, 2.24) is 0 Å². The van der Waals surface area contributed by atoms with E-state index in [-0.39, 0.29) is 23.7 Å². The number of hydrogen-bond donors (Lipinski definition) is 0. The summed E-state index contributed by atoms with van der Waals surface area (Å²) in [6.45, 7) is 8.19. The minimum atomic E-state index is -0.333. The standard InChI is InChI=1S/C16H21BO3/c1-14(2)15(3,4)20-17(19-14)13-7-5-12(6-8-13)16(11-18)9-10-16/h5-8,11H,9-10H2,1-4H3. The van der Waals surface area contributed by atoms with Crippen LogP contribution in [0, 0.1) is 0 Å². The van der Waals surface area contributed by atoms with E-state index < -0.39 is 0 Å². The van der Waals surface area contributed by atoms with Crippen LogP contribution in [0.3, 0.4) is 0 Å². The van der Waals surface area contributed by atoms with Crippen molar-refractivity contribution in [1.29, 1.82) is 0 Å². The number of carbonyl (C=O) groups is 1. The first kappa shape index (κ1) is 13.8. The summed E-state index contributed by atoms with van der Waals surface area (Å²) in [6, 6.07) is 8.09. The van der Waals surface area contributed by atoms with E-state index in [0.29, 0.717) is 0 Å². The van der Waals surface area contributed by atoms with Crippen LogP contribution in [0.1, 0.15) is 46.1 Å². The summed E-state index contributed by atoms with van der Waals surface area (Å²) in [4.78, 5) is 11.2. The van der Waals surface area contributed by atoms with Crippen molar-refractivity contribution in [2.45, 2.75) is 57.2 Å². The lowest BCUT2D eigenvalue weighted by Crippen LogP contribution is -2.41. The first-order chi connectivity index (χ1) is 9.30. The molecule has 20 heavy (non-hydrogen) atoms. The van der Waals surface area contributed by atoms with Gasteiger partial charge in [-0.05, 0) is 51.6 Å². The summed E-state index contributed by atoms with van der Waals surface area (Å²) >= 11 is 0. The molecule has 0 bridgehead atoms. The lowest BCUT2D eigenvalue weighted by molar-refractivity contribution is -0.109. The molecule has 0 aromatic heterocycles. The minimum Gasteiger partial charge on any atom is -0.399 e. The van der Waals surface area contributed by atoms with Gasteiger partial charge < -0.3 is 14.1 Å². The molecule has 3 rings (SSSR count). The Morgan fingerprint density at radius 2 is 1.50 bits per heavy atom. The van der Waals surface area contributed by atoms with E-state index in [1.165, 1.54) is 0 Å². The van der Waals surface area contributed by atoms with Gasteiger partial charge in [-0.3, -0.25) is 0 Å². The number of carbonyl (C=O) groups excluding carboxylic acids is 1. The van der Waals surface area contributed by atoms with Gasteiger partial charge in [-0.15, -0.1) is 0 Å². The van der Waals surface area contributed by atoms with Crippen LogP contribution in [0.5, 0.6) is 0 Å². The van der Waals surface area contributed by atoms with Crippen LogP contribution in [0.15, 0.2) is 24.3 Å². The Kier molecular flexibility index (Phi) is 2.90. The third-order valence-electron chi connectivity index (χ3n) is 5.03. The number of hydrogen-bond acceptors (Lipinski definition) is 3. The molecular formula is C16H21BO3. The second kappa shape index (κ2) is 4.19. The third-order valence-corrected chi connectivity index (χ3v) is 5.03. The topological polar surface area (TPSA) is 35.5 Å². The van der Waals surface area contributed by atoms with Gasteiger partial charge in [0.2, 0.25) is 0 Å². The van der Waals surface area contributed by atoms with Crippen molar-refractivity contribution in [3.05, 3.63) is 29.8 Å². The van der Waals surface area contributed by atoms with E-state index in [2.05, 4.69) is 0 Å². The average molecular weight is 272 g/mol. The predicted molar refractivity (Wildman–Crippen MR) is 79.1 cm³/mol. The lowest BCUT2D eigenvalue weighted by Gasteiger charge is -2.32. The zero-order valence-corrected chi connectivity index (χ0v) is 12.6. The van der Waals surface area contributed by atoms with Crippen molar-refractivity contribution in [3.63, 3.8) is 0 Å². The molecule has 2 fully saturated rings. The van der Waals surface area contributed by atoms with E-state index in [1.54, 1.807) is 0 Å². The molecule has 3 nitrogen and oxygen atoms in total. The second-order valence-corrected chi connectivity index (χ2v) is 6.98. The van der Waals surface area contributed by atoms with Gasteiger partial charge in [-0.2, -0.15) is 0 Å². The van der Waals surface area contributed by atoms with Gasteiger partial charge in [0, 0.05) is 0 Å². The first-order valence-electron chi connectivity index (χ1n) is 7.22. The van der Waals surface area contributed by atoms with Gasteiger partial charge in [0.15, 0.2) is 0 Å². The van der Waals surface area contributed by atoms with Crippen LogP contribution in [-0.2, 0) is 19.5 Å². The molecule has 1 aromatic carbocycles. The molecule has 1 aliphatic heterocycles. The van der Waals surface area contributed by atoms with Crippen LogP contribution >= 0.6 is 0 Å². The van der Waals surface area contributed by atoms with Gasteiger partial charge in [0.25, 0.3) is 0 Å². The SMILES string of the molecule is CC1(C)OB(c2ccc(C3(C=O)CC3)cc2)OC1(C)C. The van der Waals surface area contributed by atoms with Gasteiger partial charge in [0.05, 0.1) is 16.6 Å². The second-order valence-electron chi connectivity index (χ2n) is 6.98. The summed E-state index contributed by atoms with van der Waals surface area (Å²) in [7, 11) is -0.333. The molecule has 0 atom stereocenters. The summed E-state index contributed by atoms with van der Waals surface area (Å²) in [5.74, 6) is 0. The van der Waals surface area contributed by atoms with E-state index >= 15 is 0 Å². The fourth-order valence-electron chi connectivity index (χ4n) is 2.56. The number of benzene rings is 1. The van der Waals surface area contributed by atoms with Crippen molar-refractivity contribution in [2.24, 2.45) is 0 Å². The third kappa shape index (κ3) is 2.02. The molecule has 0 N–H and O–H groups in total. The van der Waals surface area contributed by atoms with Crippen LogP contribution in [0.2, 0.25) is 0 Å². The maximum Gasteiger partial charge on any atom is 0.494 e. The molecule has 1 heterocycles. The van der Waals surface area contributed by atoms with Gasteiger partial charge in [-0.25, -0.2) is 0 Å². The Bertz CT molecular complexity index is 513.